The number of hydrogen-bond donors (Lipinski definition) is 0. The summed E-state index contributed by atoms with van der Waals surface area (Å²) in [6.45, 7) is 15.8. The zero-order chi connectivity index (χ0) is 32.9. The average Bonchev–Trinajstić information content (AvgIpc) is 3.60. The van der Waals surface area contributed by atoms with Crippen molar-refractivity contribution in [1.82, 2.24) is 19.3 Å². The second kappa shape index (κ2) is 13.5. The predicted octanol–water partition coefficient (Wildman–Crippen LogP) is 10.6. The molecule has 5 nitrogen and oxygen atoms in total. The van der Waals surface area contributed by atoms with Gasteiger partial charge < -0.3 is 9.30 Å². The smallest absolute Gasteiger partial charge is 0.509 e. The molecule has 1 aliphatic carbocycles. The number of para-hydroxylation sites is 1. The van der Waals surface area contributed by atoms with Crippen LogP contribution in [0.1, 0.15) is 89.7 Å². The minimum absolute atomic E-state index is 0. The Labute approximate surface area is 299 Å². The van der Waals surface area contributed by atoms with Crippen LogP contribution in [0, 0.1) is 18.1 Å². The molecule has 3 heterocycles. The van der Waals surface area contributed by atoms with E-state index in [-0.39, 0.29) is 26.5 Å². The molecule has 3 aromatic heterocycles. The Hall–Kier alpha value is -3.95. The van der Waals surface area contributed by atoms with Crippen molar-refractivity contribution in [2.75, 3.05) is 0 Å². The van der Waals surface area contributed by atoms with Crippen molar-refractivity contribution in [2.24, 2.45) is 5.92 Å². The number of ether oxygens (including phenoxy) is 1. The van der Waals surface area contributed by atoms with Crippen LogP contribution in [0.25, 0.3) is 33.3 Å². The van der Waals surface area contributed by atoms with Crippen molar-refractivity contribution in [2.45, 2.75) is 85.5 Å². The van der Waals surface area contributed by atoms with Crippen LogP contribution in [0.2, 0.25) is 0 Å². The molecule has 2 atom stereocenters. The van der Waals surface area contributed by atoms with E-state index >= 15 is 0 Å². The van der Waals surface area contributed by atoms with Crippen molar-refractivity contribution in [3.63, 3.8) is 0 Å². The first-order chi connectivity index (χ1) is 22.7. The molecule has 0 spiro atoms. The molecule has 6 aromatic rings. The molecule has 48 heavy (non-hydrogen) atoms. The van der Waals surface area contributed by atoms with E-state index in [4.69, 9.17) is 14.8 Å². The fourth-order valence-electron chi connectivity index (χ4n) is 7.42. The van der Waals surface area contributed by atoms with Crippen LogP contribution < -0.4 is 4.74 Å². The van der Waals surface area contributed by atoms with Crippen molar-refractivity contribution < 1.29 is 25.8 Å². The Morgan fingerprint density at radius 1 is 0.917 bits per heavy atom. The summed E-state index contributed by atoms with van der Waals surface area (Å²) in [5.41, 5.74) is 9.48. The summed E-state index contributed by atoms with van der Waals surface area (Å²) in [4.78, 5) is 4.81. The number of aryl methyl sites for hydroxylation is 1. The minimum atomic E-state index is 0. The van der Waals surface area contributed by atoms with Crippen LogP contribution in [-0.2, 0) is 39.3 Å². The van der Waals surface area contributed by atoms with Gasteiger partial charge in [0.15, 0.2) is 0 Å². The van der Waals surface area contributed by atoms with Crippen molar-refractivity contribution in [3.8, 4) is 23.0 Å². The largest absolute Gasteiger partial charge is 2.00 e. The van der Waals surface area contributed by atoms with E-state index < -0.39 is 0 Å². The van der Waals surface area contributed by atoms with Crippen LogP contribution in [0.4, 0.5) is 0 Å². The van der Waals surface area contributed by atoms with E-state index in [0.29, 0.717) is 23.3 Å². The van der Waals surface area contributed by atoms with Crippen LogP contribution in [0.3, 0.4) is 0 Å². The van der Waals surface area contributed by atoms with Crippen molar-refractivity contribution >= 4 is 21.8 Å². The molecule has 3 aromatic carbocycles. The Bertz CT molecular complexity index is 2130. The molecule has 0 saturated carbocycles. The zero-order valence-corrected chi connectivity index (χ0v) is 31.3. The Morgan fingerprint density at radius 2 is 1.71 bits per heavy atom. The first kappa shape index (κ1) is 33.9. The summed E-state index contributed by atoms with van der Waals surface area (Å²) in [6, 6.07) is 30.1. The number of benzene rings is 3. The third kappa shape index (κ3) is 6.07. The van der Waals surface area contributed by atoms with Gasteiger partial charge in [0.05, 0.1) is 5.69 Å². The SMILES string of the molecule is CCc1nn(-c2[c-]c(Oc3[c-]c4c(cc3)c3ccccc3n4-c3cc(C(C)(C)C)ccn3)ccc2)c(CC)c1C1C(C)=CCC[C@@H]1C.[Pt+2]. The van der Waals surface area contributed by atoms with Crippen molar-refractivity contribution in [1.29, 1.82) is 0 Å². The molecular weight excluding hydrogens is 772 g/mol. The monoisotopic (exact) mass is 815 g/mol. The van der Waals surface area contributed by atoms with Gasteiger partial charge in [-0.2, -0.15) is 17.2 Å². The number of pyridine rings is 1. The second-order valence-corrected chi connectivity index (χ2v) is 14.0. The molecular formula is C42H44N4OPt. The molecule has 0 aliphatic heterocycles. The molecule has 0 fully saturated rings. The van der Waals surface area contributed by atoms with E-state index in [2.05, 4.69) is 124 Å². The Kier molecular flexibility index (Phi) is 9.55. The summed E-state index contributed by atoms with van der Waals surface area (Å²) in [5, 5.41) is 7.45. The Morgan fingerprint density at radius 3 is 2.46 bits per heavy atom. The van der Waals surface area contributed by atoms with E-state index in [1.54, 1.807) is 0 Å². The van der Waals surface area contributed by atoms with Gasteiger partial charge in [-0.3, -0.25) is 4.68 Å². The van der Waals surface area contributed by atoms with Gasteiger partial charge in [0.2, 0.25) is 0 Å². The molecule has 6 heteroatoms. The molecule has 0 N–H and O–H groups in total. The van der Waals surface area contributed by atoms with Crippen LogP contribution >= 0.6 is 0 Å². The molecule has 1 unspecified atom stereocenters. The van der Waals surface area contributed by atoms with Gasteiger partial charge in [-0.1, -0.05) is 76.9 Å². The summed E-state index contributed by atoms with van der Waals surface area (Å²) >= 11 is 0. The van der Waals surface area contributed by atoms with E-state index in [1.165, 1.54) is 34.5 Å². The maximum Gasteiger partial charge on any atom is 2.00 e. The van der Waals surface area contributed by atoms with E-state index in [9.17, 15) is 0 Å². The topological polar surface area (TPSA) is 44.9 Å². The van der Waals surface area contributed by atoms with Crippen LogP contribution in [-0.4, -0.2) is 19.3 Å². The standard InChI is InChI=1S/C42H44N4O.Pt/c1-8-35-41(40-27(3)14-12-15-28(40)4)36(9-2)46(44-35)30-16-13-17-31(25-30)47-32-20-21-34-33-18-10-11-19-37(33)45(38(34)26-32)39-24-29(22-23-43-39)42(5,6)7;/h10-11,13-14,16-24,28,40H,8-9,12,15H2,1-7H3;/q-2;+2/t28-,40?;/m0./s1. The molecule has 0 bridgehead atoms. The summed E-state index contributed by atoms with van der Waals surface area (Å²) in [7, 11) is 0. The normalized spacial score (nSPS) is 16.6. The van der Waals surface area contributed by atoms with E-state index in [1.807, 2.05) is 24.4 Å². The fraction of sp³-hybridized carbons (Fsp3) is 0.333. The molecule has 1 aliphatic rings. The second-order valence-electron chi connectivity index (χ2n) is 14.0. The summed E-state index contributed by atoms with van der Waals surface area (Å²) in [6.07, 6.45) is 8.50. The number of nitrogens with zero attached hydrogens (tertiary/aromatic N) is 4. The van der Waals surface area contributed by atoms with Gasteiger partial charge in [0, 0.05) is 40.4 Å². The van der Waals surface area contributed by atoms with Gasteiger partial charge in [-0.05, 0) is 78.8 Å². The molecule has 0 amide bonds. The maximum atomic E-state index is 6.51. The Balaban J connectivity index is 0.00000401. The molecule has 0 radical (unpaired) electrons. The number of allylic oxidation sites excluding steroid dienone is 2. The van der Waals surface area contributed by atoms with Gasteiger partial charge in [0.25, 0.3) is 0 Å². The molecule has 7 rings (SSSR count). The first-order valence-corrected chi connectivity index (χ1v) is 17.1. The van der Waals surface area contributed by atoms with E-state index in [0.717, 1.165) is 52.6 Å². The number of fused-ring (bicyclic) bond motifs is 3. The quantitative estimate of drug-likeness (QED) is 0.119. The fourth-order valence-corrected chi connectivity index (χ4v) is 7.42. The van der Waals surface area contributed by atoms with Crippen molar-refractivity contribution in [3.05, 3.63) is 119 Å². The third-order valence-corrected chi connectivity index (χ3v) is 9.83. The van der Waals surface area contributed by atoms with Gasteiger partial charge in [-0.25, -0.2) is 4.98 Å². The minimum Gasteiger partial charge on any atom is -0.509 e. The number of rotatable bonds is 7. The van der Waals surface area contributed by atoms with Gasteiger partial charge in [-0.15, -0.1) is 35.7 Å². The summed E-state index contributed by atoms with van der Waals surface area (Å²) in [5.74, 6) is 3.14. The first-order valence-electron chi connectivity index (χ1n) is 17.1. The predicted molar refractivity (Wildman–Crippen MR) is 192 cm³/mol. The number of aromatic nitrogens is 4. The third-order valence-electron chi connectivity index (χ3n) is 9.83. The molecule has 248 valence electrons. The van der Waals surface area contributed by atoms with Gasteiger partial charge >= 0.3 is 21.1 Å². The maximum absolute atomic E-state index is 6.51. The number of hydrogen-bond acceptors (Lipinski definition) is 3. The van der Waals surface area contributed by atoms with Crippen LogP contribution in [0.5, 0.6) is 11.5 Å². The summed E-state index contributed by atoms with van der Waals surface area (Å²) < 4.78 is 10.8. The average molecular weight is 816 g/mol. The van der Waals surface area contributed by atoms with Crippen LogP contribution in [0.15, 0.2) is 84.6 Å². The van der Waals surface area contributed by atoms with Gasteiger partial charge in [0.1, 0.15) is 5.82 Å². The molecule has 0 saturated heterocycles. The zero-order valence-electron chi connectivity index (χ0n) is 29.0.